The molecule has 1 aliphatic rings. The standard InChI is InChI=1S/C20H19N3O4/c1-27-18-8-13(9-21)6-7-14(18)10-22-20(26)23-11-15-4-2-3-5-16(15)17(12-23)19(24)25/h2-8,17H,10-12H2,1H3,(H,22,26)(H,24,25). The van der Waals surface area contributed by atoms with Crippen LogP contribution in [0.25, 0.3) is 0 Å². The first-order chi connectivity index (χ1) is 13.0. The number of fused-ring (bicyclic) bond motifs is 1. The Balaban J connectivity index is 1.72. The molecule has 0 fully saturated rings. The number of aliphatic carboxylic acids is 1. The Hall–Kier alpha value is -3.53. The molecule has 2 N–H and O–H groups in total. The molecule has 7 nitrogen and oxygen atoms in total. The van der Waals surface area contributed by atoms with Crippen molar-refractivity contribution in [2.45, 2.75) is 19.0 Å². The van der Waals surface area contributed by atoms with E-state index in [9.17, 15) is 14.7 Å². The van der Waals surface area contributed by atoms with Gasteiger partial charge in [0.25, 0.3) is 0 Å². The first-order valence-corrected chi connectivity index (χ1v) is 8.44. The summed E-state index contributed by atoms with van der Waals surface area (Å²) in [6.07, 6.45) is 0. The summed E-state index contributed by atoms with van der Waals surface area (Å²) >= 11 is 0. The average Bonchev–Trinajstić information content (AvgIpc) is 2.70. The number of hydrogen-bond donors (Lipinski definition) is 2. The van der Waals surface area contributed by atoms with Gasteiger partial charge in [-0.1, -0.05) is 30.3 Å². The molecule has 1 aliphatic heterocycles. The summed E-state index contributed by atoms with van der Waals surface area (Å²) < 4.78 is 5.27. The van der Waals surface area contributed by atoms with Gasteiger partial charge in [0.05, 0.1) is 24.7 Å². The lowest BCUT2D eigenvalue weighted by Gasteiger charge is -2.32. The van der Waals surface area contributed by atoms with E-state index in [1.54, 1.807) is 24.3 Å². The van der Waals surface area contributed by atoms with Gasteiger partial charge in [0.1, 0.15) is 5.75 Å². The maximum atomic E-state index is 12.6. The molecule has 0 spiro atoms. The first-order valence-electron chi connectivity index (χ1n) is 8.44. The molecule has 138 valence electrons. The van der Waals surface area contributed by atoms with Gasteiger partial charge < -0.3 is 20.1 Å². The van der Waals surface area contributed by atoms with Crippen LogP contribution in [0.2, 0.25) is 0 Å². The van der Waals surface area contributed by atoms with Gasteiger partial charge in [-0.15, -0.1) is 0 Å². The molecular formula is C20H19N3O4. The number of benzene rings is 2. The highest BCUT2D eigenvalue weighted by Gasteiger charge is 2.32. The molecule has 1 atom stereocenters. The third kappa shape index (κ3) is 3.85. The summed E-state index contributed by atoms with van der Waals surface area (Å²) in [5.74, 6) is -1.18. The van der Waals surface area contributed by atoms with Crippen molar-refractivity contribution in [1.29, 1.82) is 5.26 Å². The summed E-state index contributed by atoms with van der Waals surface area (Å²) in [7, 11) is 1.50. The molecule has 3 rings (SSSR count). The van der Waals surface area contributed by atoms with Gasteiger partial charge in [-0.25, -0.2) is 4.79 Å². The number of urea groups is 1. The van der Waals surface area contributed by atoms with E-state index < -0.39 is 11.9 Å². The normalized spacial score (nSPS) is 15.4. The second-order valence-electron chi connectivity index (χ2n) is 6.27. The van der Waals surface area contributed by atoms with Crippen LogP contribution in [0.3, 0.4) is 0 Å². The van der Waals surface area contributed by atoms with E-state index in [1.165, 1.54) is 12.0 Å². The quantitative estimate of drug-likeness (QED) is 0.866. The highest BCUT2D eigenvalue weighted by molar-refractivity contribution is 5.81. The van der Waals surface area contributed by atoms with Gasteiger partial charge in [0.15, 0.2) is 0 Å². The number of methoxy groups -OCH3 is 1. The van der Waals surface area contributed by atoms with E-state index in [0.29, 0.717) is 17.9 Å². The minimum absolute atomic E-state index is 0.114. The Morgan fingerprint density at radius 2 is 2.11 bits per heavy atom. The van der Waals surface area contributed by atoms with E-state index in [4.69, 9.17) is 10.00 Å². The van der Waals surface area contributed by atoms with E-state index in [1.807, 2.05) is 24.3 Å². The molecular weight excluding hydrogens is 346 g/mol. The maximum absolute atomic E-state index is 12.6. The molecule has 2 aromatic carbocycles. The van der Waals surface area contributed by atoms with Crippen molar-refractivity contribution in [2.75, 3.05) is 13.7 Å². The van der Waals surface area contributed by atoms with Crippen LogP contribution in [-0.2, 0) is 17.9 Å². The van der Waals surface area contributed by atoms with Gasteiger partial charge in [-0.2, -0.15) is 5.26 Å². The average molecular weight is 365 g/mol. The summed E-state index contributed by atoms with van der Waals surface area (Å²) in [6.45, 7) is 0.683. The van der Waals surface area contributed by atoms with Crippen LogP contribution in [-0.4, -0.2) is 35.7 Å². The minimum Gasteiger partial charge on any atom is -0.496 e. The first kappa shape index (κ1) is 18.3. The lowest BCUT2D eigenvalue weighted by Crippen LogP contribution is -2.45. The molecule has 0 aromatic heterocycles. The van der Waals surface area contributed by atoms with Gasteiger partial charge in [-0.3, -0.25) is 4.79 Å². The molecule has 7 heteroatoms. The van der Waals surface area contributed by atoms with E-state index >= 15 is 0 Å². The topological polar surface area (TPSA) is 103 Å². The summed E-state index contributed by atoms with van der Waals surface area (Å²) in [6, 6.07) is 14.0. The Labute approximate surface area is 156 Å². The van der Waals surface area contributed by atoms with Gasteiger partial charge in [0, 0.05) is 25.2 Å². The molecule has 2 aromatic rings. The summed E-state index contributed by atoms with van der Waals surface area (Å²) in [5, 5.41) is 21.3. The van der Waals surface area contributed by atoms with Crippen molar-refractivity contribution in [3.63, 3.8) is 0 Å². The molecule has 27 heavy (non-hydrogen) atoms. The van der Waals surface area contributed by atoms with E-state index in [0.717, 1.165) is 16.7 Å². The van der Waals surface area contributed by atoms with Crippen LogP contribution in [0.15, 0.2) is 42.5 Å². The number of hydrogen-bond acceptors (Lipinski definition) is 4. The lowest BCUT2D eigenvalue weighted by atomic mass is 9.90. The highest BCUT2D eigenvalue weighted by Crippen LogP contribution is 2.28. The highest BCUT2D eigenvalue weighted by atomic mass is 16.5. The number of carbonyl (C=O) groups is 2. The number of nitrogens with one attached hydrogen (secondary N) is 1. The second kappa shape index (κ2) is 7.79. The van der Waals surface area contributed by atoms with Gasteiger partial charge >= 0.3 is 12.0 Å². The predicted octanol–water partition coefficient (Wildman–Crippen LogP) is 2.46. The fraction of sp³-hybridized carbons (Fsp3) is 0.250. The number of carboxylic acid groups (broad SMARTS) is 1. The number of carboxylic acids is 1. The zero-order chi connectivity index (χ0) is 19.4. The SMILES string of the molecule is COc1cc(C#N)ccc1CNC(=O)N1Cc2ccccc2C(C(=O)O)C1. The fourth-order valence-electron chi connectivity index (χ4n) is 3.22. The summed E-state index contributed by atoms with van der Waals surface area (Å²) in [5.41, 5.74) is 2.79. The van der Waals surface area contributed by atoms with Crippen molar-refractivity contribution >= 4 is 12.0 Å². The zero-order valence-corrected chi connectivity index (χ0v) is 14.8. The van der Waals surface area contributed by atoms with Crippen LogP contribution < -0.4 is 10.1 Å². The Bertz CT molecular complexity index is 920. The number of nitriles is 1. The lowest BCUT2D eigenvalue weighted by molar-refractivity contribution is -0.139. The van der Waals surface area contributed by atoms with Gasteiger partial charge in [-0.05, 0) is 23.3 Å². The monoisotopic (exact) mass is 365 g/mol. The molecule has 0 saturated heterocycles. The number of ether oxygens (including phenoxy) is 1. The molecule has 0 aliphatic carbocycles. The van der Waals surface area contributed by atoms with Crippen LogP contribution in [0.5, 0.6) is 5.75 Å². The van der Waals surface area contributed by atoms with Crippen molar-refractivity contribution in [2.24, 2.45) is 0 Å². The zero-order valence-electron chi connectivity index (χ0n) is 14.8. The van der Waals surface area contributed by atoms with Crippen molar-refractivity contribution < 1.29 is 19.4 Å². The third-order valence-corrected chi connectivity index (χ3v) is 4.63. The molecule has 0 radical (unpaired) electrons. The molecule has 0 bridgehead atoms. The van der Waals surface area contributed by atoms with Crippen molar-refractivity contribution in [3.8, 4) is 11.8 Å². The Morgan fingerprint density at radius 3 is 2.81 bits per heavy atom. The van der Waals surface area contributed by atoms with Gasteiger partial charge in [0.2, 0.25) is 0 Å². The molecule has 0 saturated carbocycles. The molecule has 1 heterocycles. The van der Waals surface area contributed by atoms with Crippen LogP contribution >= 0.6 is 0 Å². The molecule has 1 unspecified atom stereocenters. The number of carbonyl (C=O) groups excluding carboxylic acids is 1. The van der Waals surface area contributed by atoms with Crippen molar-refractivity contribution in [3.05, 3.63) is 64.7 Å². The van der Waals surface area contributed by atoms with E-state index in [2.05, 4.69) is 5.32 Å². The Morgan fingerprint density at radius 1 is 1.33 bits per heavy atom. The summed E-state index contributed by atoms with van der Waals surface area (Å²) in [4.78, 5) is 25.7. The molecule has 2 amide bonds. The maximum Gasteiger partial charge on any atom is 0.318 e. The van der Waals surface area contributed by atoms with Crippen LogP contribution in [0.1, 0.15) is 28.2 Å². The number of rotatable bonds is 4. The van der Waals surface area contributed by atoms with Crippen LogP contribution in [0, 0.1) is 11.3 Å². The Kier molecular flexibility index (Phi) is 5.27. The minimum atomic E-state index is -0.950. The second-order valence-corrected chi connectivity index (χ2v) is 6.27. The van der Waals surface area contributed by atoms with Crippen LogP contribution in [0.4, 0.5) is 4.79 Å². The number of amides is 2. The predicted molar refractivity (Wildman–Crippen MR) is 97.2 cm³/mol. The largest absolute Gasteiger partial charge is 0.496 e. The smallest absolute Gasteiger partial charge is 0.318 e. The number of nitrogens with zero attached hydrogens (tertiary/aromatic N) is 2. The van der Waals surface area contributed by atoms with Crippen molar-refractivity contribution in [1.82, 2.24) is 10.2 Å². The third-order valence-electron chi connectivity index (χ3n) is 4.63. The van der Waals surface area contributed by atoms with E-state index in [-0.39, 0.29) is 19.1 Å². The fourth-order valence-corrected chi connectivity index (χ4v) is 3.22.